The molecule has 0 spiro atoms. The van der Waals surface area contributed by atoms with E-state index in [0.717, 1.165) is 24.0 Å². The molecule has 0 unspecified atom stereocenters. The Morgan fingerprint density at radius 2 is 2.06 bits per heavy atom. The van der Waals surface area contributed by atoms with Crippen LogP contribution in [0.25, 0.3) is 15.7 Å². The summed E-state index contributed by atoms with van der Waals surface area (Å²) in [7, 11) is 0. The van der Waals surface area contributed by atoms with Crippen LogP contribution in [0.4, 0.5) is 0 Å². The van der Waals surface area contributed by atoms with Crippen LogP contribution in [0.2, 0.25) is 5.02 Å². The topological polar surface area (TPSA) is 72.7 Å². The Kier molecular flexibility index (Phi) is 6.38. The molecule has 0 saturated heterocycles. The second-order valence-corrected chi connectivity index (χ2v) is 8.44. The zero-order chi connectivity index (χ0) is 22.7. The molecule has 32 heavy (non-hydrogen) atoms. The van der Waals surface area contributed by atoms with Gasteiger partial charge in [0, 0.05) is 35.0 Å². The number of nitrogens with zero attached hydrogens (tertiary/aromatic N) is 2. The van der Waals surface area contributed by atoms with Crippen LogP contribution in [-0.2, 0) is 11.2 Å². The number of benzene rings is 2. The molecule has 1 aliphatic rings. The van der Waals surface area contributed by atoms with Crippen LogP contribution < -0.4 is 10.1 Å². The van der Waals surface area contributed by atoms with Crippen LogP contribution >= 0.6 is 11.6 Å². The van der Waals surface area contributed by atoms with E-state index in [-0.39, 0.29) is 18.4 Å². The minimum atomic E-state index is -0.321. The van der Waals surface area contributed by atoms with Crippen molar-refractivity contribution in [3.63, 3.8) is 0 Å². The Hall–Kier alpha value is -3.43. The largest absolute Gasteiger partial charge is 0.457 e. The fraction of sp³-hybridized carbons (Fsp3) is 0.280. The Morgan fingerprint density at radius 3 is 2.78 bits per heavy atom. The van der Waals surface area contributed by atoms with Crippen molar-refractivity contribution < 1.29 is 14.3 Å². The van der Waals surface area contributed by atoms with Gasteiger partial charge in [0.1, 0.15) is 17.3 Å². The number of Topliss-reactive ketones (excluding diaryl/α,β-unsaturated/α-hetero) is 1. The molecule has 1 amide bonds. The van der Waals surface area contributed by atoms with Crippen molar-refractivity contribution in [1.29, 1.82) is 0 Å². The van der Waals surface area contributed by atoms with E-state index in [4.69, 9.17) is 22.9 Å². The monoisotopic (exact) mass is 447 g/mol. The number of fused-ring (bicyclic) bond motifs is 1. The molecule has 162 valence electrons. The van der Waals surface area contributed by atoms with E-state index in [2.05, 4.69) is 15.1 Å². The summed E-state index contributed by atoms with van der Waals surface area (Å²) in [6.45, 7) is 8.60. The van der Waals surface area contributed by atoms with Gasteiger partial charge < -0.3 is 4.74 Å². The van der Waals surface area contributed by atoms with E-state index in [9.17, 15) is 9.59 Å². The minimum Gasteiger partial charge on any atom is -0.457 e. The molecular formula is C25H22ClN3O3. The van der Waals surface area contributed by atoms with Gasteiger partial charge in [0.2, 0.25) is 0 Å². The van der Waals surface area contributed by atoms with E-state index >= 15 is 0 Å². The Bertz CT molecular complexity index is 1250. The van der Waals surface area contributed by atoms with E-state index in [1.165, 1.54) is 0 Å². The third-order valence-electron chi connectivity index (χ3n) is 5.46. The number of rotatable bonds is 8. The van der Waals surface area contributed by atoms with E-state index in [0.29, 0.717) is 51.7 Å². The maximum absolute atomic E-state index is 12.4. The molecule has 1 fully saturated rings. The van der Waals surface area contributed by atoms with Crippen molar-refractivity contribution in [2.24, 2.45) is 5.92 Å². The van der Waals surface area contributed by atoms with Crippen LogP contribution in [0.15, 0.2) is 42.6 Å². The van der Waals surface area contributed by atoms with Crippen molar-refractivity contribution in [3.05, 3.63) is 75.7 Å². The Labute approximate surface area is 191 Å². The van der Waals surface area contributed by atoms with Crippen molar-refractivity contribution >= 4 is 34.2 Å². The second kappa shape index (κ2) is 9.37. The smallest absolute Gasteiger partial charge is 0.289 e. The summed E-state index contributed by atoms with van der Waals surface area (Å²) < 4.78 is 6.07. The summed E-state index contributed by atoms with van der Waals surface area (Å²) in [6, 6.07) is 10.6. The number of ether oxygens (including phenoxy) is 1. The van der Waals surface area contributed by atoms with Crippen molar-refractivity contribution in [2.45, 2.75) is 32.6 Å². The number of carbonyl (C=O) groups is 2. The molecule has 7 heteroatoms. The van der Waals surface area contributed by atoms with Gasteiger partial charge in [0.15, 0.2) is 0 Å². The lowest BCUT2D eigenvalue weighted by molar-refractivity contribution is -0.118. The molecule has 0 radical (unpaired) electrons. The summed E-state index contributed by atoms with van der Waals surface area (Å²) in [5.41, 5.74) is 2.70. The van der Waals surface area contributed by atoms with Crippen LogP contribution in [-0.4, -0.2) is 23.3 Å². The SMILES string of the molecule is [C-]#[N+]CNC(=O)c1cc2c(Oc3ccc(CC(=O)CC4CC4)c(Cl)c3)ccnc2cc1C. The molecule has 6 nitrogen and oxygen atoms in total. The zero-order valence-corrected chi connectivity index (χ0v) is 18.4. The average Bonchev–Trinajstić information content (AvgIpc) is 3.57. The van der Waals surface area contributed by atoms with Gasteiger partial charge in [-0.25, -0.2) is 6.57 Å². The molecule has 1 saturated carbocycles. The number of aromatic nitrogens is 1. The van der Waals surface area contributed by atoms with Crippen LogP contribution in [0, 0.1) is 19.4 Å². The van der Waals surface area contributed by atoms with Gasteiger partial charge in [-0.1, -0.05) is 17.7 Å². The normalized spacial score (nSPS) is 12.9. The summed E-state index contributed by atoms with van der Waals surface area (Å²) in [4.78, 5) is 32.1. The lowest BCUT2D eigenvalue weighted by Gasteiger charge is -2.12. The van der Waals surface area contributed by atoms with Crippen LogP contribution in [0.1, 0.15) is 40.7 Å². The zero-order valence-electron chi connectivity index (χ0n) is 17.7. The molecule has 1 N–H and O–H groups in total. The van der Waals surface area contributed by atoms with Gasteiger partial charge in [-0.2, -0.15) is 0 Å². The number of aryl methyl sites for hydroxylation is 1. The maximum Gasteiger partial charge on any atom is 0.289 e. The van der Waals surface area contributed by atoms with E-state index in [1.807, 2.05) is 19.1 Å². The van der Waals surface area contributed by atoms with Gasteiger partial charge >= 0.3 is 0 Å². The molecule has 1 aromatic heterocycles. The Morgan fingerprint density at radius 1 is 1.25 bits per heavy atom. The predicted molar refractivity (Wildman–Crippen MR) is 123 cm³/mol. The maximum atomic E-state index is 12.4. The number of hydrogen-bond acceptors (Lipinski definition) is 4. The molecule has 2 aromatic carbocycles. The first-order valence-electron chi connectivity index (χ1n) is 10.4. The fourth-order valence-electron chi connectivity index (χ4n) is 3.60. The highest BCUT2D eigenvalue weighted by atomic mass is 35.5. The van der Waals surface area contributed by atoms with Gasteiger partial charge in [-0.3, -0.25) is 24.7 Å². The first kappa shape index (κ1) is 21.8. The molecule has 0 atom stereocenters. The molecule has 4 rings (SSSR count). The quantitative estimate of drug-likeness (QED) is 0.462. The van der Waals surface area contributed by atoms with Gasteiger partial charge in [0.05, 0.1) is 5.52 Å². The number of carbonyl (C=O) groups excluding carboxylic acids is 2. The van der Waals surface area contributed by atoms with Gasteiger partial charge in [0.25, 0.3) is 12.6 Å². The third-order valence-corrected chi connectivity index (χ3v) is 5.82. The predicted octanol–water partition coefficient (Wildman–Crippen LogP) is 5.51. The second-order valence-electron chi connectivity index (χ2n) is 8.03. The Balaban J connectivity index is 1.58. The number of nitrogens with one attached hydrogen (secondary N) is 1. The summed E-state index contributed by atoms with van der Waals surface area (Å²) >= 11 is 6.42. The minimum absolute atomic E-state index is 0.0826. The van der Waals surface area contributed by atoms with E-state index in [1.54, 1.807) is 30.5 Å². The summed E-state index contributed by atoms with van der Waals surface area (Å²) in [5, 5.41) is 3.73. The molecule has 0 aliphatic heterocycles. The summed E-state index contributed by atoms with van der Waals surface area (Å²) in [6.07, 6.45) is 4.89. The summed E-state index contributed by atoms with van der Waals surface area (Å²) in [5.74, 6) is 1.50. The van der Waals surface area contributed by atoms with Crippen LogP contribution in [0.3, 0.4) is 0 Å². The highest BCUT2D eigenvalue weighted by Gasteiger charge is 2.24. The molecular weight excluding hydrogens is 426 g/mol. The standard InChI is InChI=1S/C25H22ClN3O3/c1-15-9-23-21(13-20(15)25(31)29-14-27-2)24(7-8-28-23)32-19-6-5-17(22(26)12-19)11-18(30)10-16-3-4-16/h5-9,12-13,16H,3-4,10-11,14H2,1H3,(H,29,31). The van der Waals surface area contributed by atoms with Crippen LogP contribution in [0.5, 0.6) is 11.5 Å². The number of amides is 1. The van der Waals surface area contributed by atoms with Gasteiger partial charge in [-0.05, 0) is 67.1 Å². The first-order valence-corrected chi connectivity index (χ1v) is 10.8. The highest BCUT2D eigenvalue weighted by Crippen LogP contribution is 2.35. The number of halogens is 1. The molecule has 3 aromatic rings. The van der Waals surface area contributed by atoms with Crippen molar-refractivity contribution in [1.82, 2.24) is 10.3 Å². The van der Waals surface area contributed by atoms with Crippen molar-refractivity contribution in [3.8, 4) is 11.5 Å². The lowest BCUT2D eigenvalue weighted by atomic mass is 10.0. The number of hydrogen-bond donors (Lipinski definition) is 1. The first-order chi connectivity index (χ1) is 15.4. The molecule has 0 bridgehead atoms. The fourth-order valence-corrected chi connectivity index (χ4v) is 3.84. The third kappa shape index (κ3) is 5.06. The number of pyridine rings is 1. The molecule has 1 heterocycles. The van der Waals surface area contributed by atoms with Gasteiger partial charge in [-0.15, -0.1) is 0 Å². The average molecular weight is 448 g/mol. The lowest BCUT2D eigenvalue weighted by Crippen LogP contribution is -2.23. The van der Waals surface area contributed by atoms with Crippen molar-refractivity contribution in [2.75, 3.05) is 6.67 Å². The molecule has 1 aliphatic carbocycles. The van der Waals surface area contributed by atoms with E-state index < -0.39 is 0 Å². The number of ketones is 1. The highest BCUT2D eigenvalue weighted by molar-refractivity contribution is 6.31.